The highest BCUT2D eigenvalue weighted by molar-refractivity contribution is 7.25. The van der Waals surface area contributed by atoms with Gasteiger partial charge in [-0.15, -0.1) is 11.3 Å². The van der Waals surface area contributed by atoms with E-state index in [1.54, 1.807) is 0 Å². The number of fused-ring (bicyclic) bond motifs is 6. The molecule has 3 heteroatoms. The number of aryl methyl sites for hydroxylation is 1. The van der Waals surface area contributed by atoms with E-state index < -0.39 is 8.07 Å². The molecule has 51 heavy (non-hydrogen) atoms. The fourth-order valence-electron chi connectivity index (χ4n) is 8.54. The minimum Gasteiger partial charge on any atom is -0.310 e. The lowest BCUT2D eigenvalue weighted by Gasteiger charge is -2.35. The van der Waals surface area contributed by atoms with Crippen LogP contribution in [0.5, 0.6) is 0 Å². The quantitative estimate of drug-likeness (QED) is 0.121. The molecule has 0 N–H and O–H groups in total. The van der Waals surface area contributed by atoms with Crippen molar-refractivity contribution < 1.29 is 0 Å². The van der Waals surface area contributed by atoms with Gasteiger partial charge in [-0.1, -0.05) is 152 Å². The lowest BCUT2D eigenvalue weighted by molar-refractivity contribution is 0.967. The van der Waals surface area contributed by atoms with Gasteiger partial charge in [0.2, 0.25) is 0 Å². The third kappa shape index (κ3) is 4.80. The second-order valence-electron chi connectivity index (χ2n) is 13.6. The predicted molar refractivity (Wildman–Crippen MR) is 223 cm³/mol. The van der Waals surface area contributed by atoms with Crippen molar-refractivity contribution in [2.24, 2.45) is 0 Å². The van der Waals surface area contributed by atoms with Gasteiger partial charge in [0.1, 0.15) is 0 Å². The smallest absolute Gasteiger partial charge is 0.179 e. The number of nitrogens with zero attached hydrogens (tertiary/aromatic N) is 1. The van der Waals surface area contributed by atoms with Gasteiger partial charge >= 0.3 is 0 Å². The Morgan fingerprint density at radius 3 is 1.88 bits per heavy atom. The molecule has 2 aromatic heterocycles. The van der Waals surface area contributed by atoms with Crippen molar-refractivity contribution in [3.63, 3.8) is 0 Å². The highest BCUT2D eigenvalue weighted by Gasteiger charge is 2.42. The molecule has 242 valence electrons. The van der Waals surface area contributed by atoms with Gasteiger partial charge in [-0.2, -0.15) is 0 Å². The van der Waals surface area contributed by atoms with Crippen molar-refractivity contribution in [3.8, 4) is 16.8 Å². The van der Waals surface area contributed by atoms with Crippen LogP contribution in [0.1, 0.15) is 17.7 Å². The summed E-state index contributed by atoms with van der Waals surface area (Å²) in [7, 11) is -2.83. The largest absolute Gasteiger partial charge is 0.310 e. The molecule has 0 unspecified atom stereocenters. The van der Waals surface area contributed by atoms with Gasteiger partial charge in [-0.05, 0) is 86.7 Å². The maximum absolute atomic E-state index is 2.83. The Labute approximate surface area is 303 Å². The molecular formula is C48H35NSSi. The molecule has 7 aromatic carbocycles. The maximum atomic E-state index is 2.54. The van der Waals surface area contributed by atoms with E-state index in [2.05, 4.69) is 193 Å². The molecule has 1 nitrogen and oxygen atoms in total. The van der Waals surface area contributed by atoms with Gasteiger partial charge in [0.05, 0.1) is 5.52 Å². The van der Waals surface area contributed by atoms with E-state index in [1.807, 2.05) is 11.3 Å². The van der Waals surface area contributed by atoms with Gasteiger partial charge in [0.25, 0.3) is 0 Å². The SMILES string of the molecule is C1=Cc2c(c3ccc([Si](c4ccccc4)(c4ccccc4)c4cccc(-c5ccc6c(c5)sc5ccccc56)c4)cc3n2-c2ccccc2)CC1. The minimum atomic E-state index is -2.83. The molecule has 0 atom stereocenters. The monoisotopic (exact) mass is 685 g/mol. The number of hydrogen-bond acceptors (Lipinski definition) is 1. The normalized spacial score (nSPS) is 12.9. The third-order valence-electron chi connectivity index (χ3n) is 10.8. The molecule has 0 bridgehead atoms. The zero-order valence-electron chi connectivity index (χ0n) is 28.2. The molecule has 2 heterocycles. The maximum Gasteiger partial charge on any atom is 0.179 e. The first-order valence-corrected chi connectivity index (χ1v) is 20.6. The summed E-state index contributed by atoms with van der Waals surface area (Å²) < 4.78 is 5.17. The van der Waals surface area contributed by atoms with Gasteiger partial charge in [0, 0.05) is 36.9 Å². The molecule has 0 radical (unpaired) electrons. The van der Waals surface area contributed by atoms with Gasteiger partial charge < -0.3 is 4.57 Å². The predicted octanol–water partition coefficient (Wildman–Crippen LogP) is 10.0. The number of para-hydroxylation sites is 1. The standard InChI is InChI=1S/C48H35NSSi/c1-4-16-36(17-5-1)49-45-25-12-10-23-41(45)42-30-28-40(33-46(42)49)51(37-18-6-2-7-19-37,38-20-8-3-9-21-38)39-22-14-15-34(31-39)35-27-29-44-43-24-11-13-26-47(43)50-48(44)32-35/h1-9,11-22,24-33H,10,23H2. The van der Waals surface area contributed by atoms with E-state index in [1.165, 1.54) is 79.9 Å². The van der Waals surface area contributed by atoms with Crippen LogP contribution < -0.4 is 20.7 Å². The number of thiophene rings is 1. The summed E-state index contributed by atoms with van der Waals surface area (Å²) in [4.78, 5) is 0. The Morgan fingerprint density at radius 2 is 1.10 bits per heavy atom. The van der Waals surface area contributed by atoms with E-state index >= 15 is 0 Å². The van der Waals surface area contributed by atoms with Crippen LogP contribution in [0, 0.1) is 0 Å². The molecule has 1 aliphatic carbocycles. The Bertz CT molecular complexity index is 2700. The van der Waals surface area contributed by atoms with Crippen molar-refractivity contribution in [3.05, 3.63) is 193 Å². The highest BCUT2D eigenvalue weighted by atomic mass is 32.1. The Morgan fingerprint density at radius 1 is 0.471 bits per heavy atom. The summed E-state index contributed by atoms with van der Waals surface area (Å²) >= 11 is 1.88. The first kappa shape index (κ1) is 30.1. The van der Waals surface area contributed by atoms with Crippen molar-refractivity contribution >= 4 is 77.3 Å². The average molecular weight is 686 g/mol. The van der Waals surface area contributed by atoms with Crippen molar-refractivity contribution in [1.29, 1.82) is 0 Å². The van der Waals surface area contributed by atoms with Crippen LogP contribution in [0.3, 0.4) is 0 Å². The zero-order chi connectivity index (χ0) is 33.8. The Kier molecular flexibility index (Phi) is 7.23. The first-order chi connectivity index (χ1) is 25.3. The zero-order valence-corrected chi connectivity index (χ0v) is 30.0. The lowest BCUT2D eigenvalue weighted by Crippen LogP contribution is -2.74. The van der Waals surface area contributed by atoms with Crippen LogP contribution in [0.25, 0.3) is 54.0 Å². The number of allylic oxidation sites excluding steroid dienone is 1. The van der Waals surface area contributed by atoms with Gasteiger partial charge in [-0.3, -0.25) is 0 Å². The summed E-state index contributed by atoms with van der Waals surface area (Å²) in [6.45, 7) is 0. The van der Waals surface area contributed by atoms with Crippen molar-refractivity contribution in [2.75, 3.05) is 0 Å². The lowest BCUT2D eigenvalue weighted by atomic mass is 10.0. The van der Waals surface area contributed by atoms with E-state index in [-0.39, 0.29) is 0 Å². The third-order valence-corrected chi connectivity index (χ3v) is 16.7. The van der Waals surface area contributed by atoms with Crippen LogP contribution in [-0.4, -0.2) is 12.6 Å². The summed E-state index contributed by atoms with van der Waals surface area (Å²) in [5.74, 6) is 0. The molecular weight excluding hydrogens is 651 g/mol. The van der Waals surface area contributed by atoms with E-state index in [0.29, 0.717) is 0 Å². The van der Waals surface area contributed by atoms with E-state index in [0.717, 1.165) is 12.8 Å². The molecule has 0 amide bonds. The van der Waals surface area contributed by atoms with E-state index in [4.69, 9.17) is 0 Å². The number of aromatic nitrogens is 1. The first-order valence-electron chi connectivity index (χ1n) is 17.8. The number of benzene rings is 7. The topological polar surface area (TPSA) is 4.93 Å². The van der Waals surface area contributed by atoms with E-state index in [9.17, 15) is 0 Å². The average Bonchev–Trinajstić information content (AvgIpc) is 3.75. The van der Waals surface area contributed by atoms with Crippen LogP contribution in [0.4, 0.5) is 0 Å². The van der Waals surface area contributed by atoms with Crippen LogP contribution >= 0.6 is 11.3 Å². The number of rotatable bonds is 6. The minimum absolute atomic E-state index is 1.06. The molecule has 1 aliphatic rings. The second kappa shape index (κ2) is 12.2. The molecule has 10 rings (SSSR count). The highest BCUT2D eigenvalue weighted by Crippen LogP contribution is 2.37. The fraction of sp³-hybridized carbons (Fsp3) is 0.0417. The number of hydrogen-bond donors (Lipinski definition) is 0. The molecule has 0 saturated carbocycles. The van der Waals surface area contributed by atoms with Crippen LogP contribution in [0.15, 0.2) is 182 Å². The summed E-state index contributed by atoms with van der Waals surface area (Å²) in [6, 6.07) is 66.2. The van der Waals surface area contributed by atoms with Gasteiger partial charge in [-0.25, -0.2) is 0 Å². The molecule has 0 fully saturated rings. The molecule has 0 aliphatic heterocycles. The second-order valence-corrected chi connectivity index (χ2v) is 18.5. The summed E-state index contributed by atoms with van der Waals surface area (Å²) in [6.07, 6.45) is 6.81. The molecule has 0 spiro atoms. The van der Waals surface area contributed by atoms with Gasteiger partial charge in [0.15, 0.2) is 8.07 Å². The molecule has 0 saturated heterocycles. The Balaban J connectivity index is 1.25. The van der Waals surface area contributed by atoms with Crippen LogP contribution in [0.2, 0.25) is 0 Å². The van der Waals surface area contributed by atoms with Crippen LogP contribution in [-0.2, 0) is 6.42 Å². The van der Waals surface area contributed by atoms with Crippen molar-refractivity contribution in [2.45, 2.75) is 12.8 Å². The van der Waals surface area contributed by atoms with Crippen molar-refractivity contribution in [1.82, 2.24) is 4.57 Å². The summed E-state index contributed by atoms with van der Waals surface area (Å²) in [5, 5.41) is 9.57. The fourth-order valence-corrected chi connectivity index (χ4v) is 14.5. The molecule has 9 aromatic rings. The summed E-state index contributed by atoms with van der Waals surface area (Å²) in [5.41, 5.74) is 7.76. The Hall–Kier alpha value is -5.74.